The van der Waals surface area contributed by atoms with Gasteiger partial charge in [-0.05, 0) is 11.1 Å². The second-order valence-electron chi connectivity index (χ2n) is 3.14. The molecule has 0 spiro atoms. The molecule has 0 saturated heterocycles. The zero-order valence-electron chi connectivity index (χ0n) is 8.79. The standard InChI is InChI=1S/C11H11ClN2O2/c1-16-10(15)4-7-2-3-8(5-13)11(12)9(7)6-14/h2-3H,4-5,13H2,1H3. The van der Waals surface area contributed by atoms with Crippen LogP contribution in [0.4, 0.5) is 0 Å². The number of ether oxygens (including phenoxy) is 1. The molecule has 0 heterocycles. The van der Waals surface area contributed by atoms with Gasteiger partial charge in [0.1, 0.15) is 6.07 Å². The maximum atomic E-state index is 11.1. The number of methoxy groups -OCH3 is 1. The number of rotatable bonds is 3. The predicted octanol–water partition coefficient (Wildman–Crippen LogP) is 1.39. The van der Waals surface area contributed by atoms with Crippen molar-refractivity contribution in [2.75, 3.05) is 7.11 Å². The average molecular weight is 239 g/mol. The summed E-state index contributed by atoms with van der Waals surface area (Å²) in [6, 6.07) is 5.35. The third-order valence-corrected chi connectivity index (χ3v) is 2.63. The van der Waals surface area contributed by atoms with E-state index < -0.39 is 5.97 Å². The summed E-state index contributed by atoms with van der Waals surface area (Å²) in [6.07, 6.45) is 0.0317. The lowest BCUT2D eigenvalue weighted by atomic mass is 10.0. The van der Waals surface area contributed by atoms with Crippen molar-refractivity contribution in [2.45, 2.75) is 13.0 Å². The summed E-state index contributed by atoms with van der Waals surface area (Å²) in [6.45, 7) is 0.256. The molecule has 1 rings (SSSR count). The fourth-order valence-electron chi connectivity index (χ4n) is 1.31. The summed E-state index contributed by atoms with van der Waals surface area (Å²) in [5.74, 6) is -0.409. The molecule has 4 nitrogen and oxygen atoms in total. The fourth-order valence-corrected chi connectivity index (χ4v) is 1.62. The summed E-state index contributed by atoms with van der Waals surface area (Å²) in [4.78, 5) is 11.1. The van der Waals surface area contributed by atoms with E-state index in [9.17, 15) is 4.79 Å². The monoisotopic (exact) mass is 238 g/mol. The Balaban J connectivity index is 3.17. The lowest BCUT2D eigenvalue weighted by molar-refractivity contribution is -0.139. The normalized spacial score (nSPS) is 9.62. The summed E-state index contributed by atoms with van der Waals surface area (Å²) >= 11 is 5.99. The minimum absolute atomic E-state index is 0.0317. The van der Waals surface area contributed by atoms with Gasteiger partial charge in [-0.2, -0.15) is 5.26 Å². The smallest absolute Gasteiger partial charge is 0.310 e. The van der Waals surface area contributed by atoms with Crippen molar-refractivity contribution in [3.05, 3.63) is 33.8 Å². The summed E-state index contributed by atoms with van der Waals surface area (Å²) in [7, 11) is 1.30. The molecule has 1 aromatic rings. The Morgan fingerprint density at radius 1 is 1.56 bits per heavy atom. The van der Waals surface area contributed by atoms with Crippen molar-refractivity contribution in [1.29, 1.82) is 5.26 Å². The van der Waals surface area contributed by atoms with Crippen molar-refractivity contribution in [3.63, 3.8) is 0 Å². The molecule has 16 heavy (non-hydrogen) atoms. The molecule has 0 unspecified atom stereocenters. The number of nitriles is 1. The number of carbonyl (C=O) groups excluding carboxylic acids is 1. The highest BCUT2D eigenvalue weighted by Crippen LogP contribution is 2.24. The van der Waals surface area contributed by atoms with Gasteiger partial charge >= 0.3 is 5.97 Å². The summed E-state index contributed by atoms with van der Waals surface area (Å²) < 4.78 is 4.53. The molecule has 1 aromatic carbocycles. The van der Waals surface area contributed by atoms with Crippen LogP contribution in [-0.2, 0) is 22.5 Å². The lowest BCUT2D eigenvalue weighted by Crippen LogP contribution is -2.08. The Bertz CT molecular complexity index is 452. The Hall–Kier alpha value is -1.57. The Kier molecular flexibility index (Phi) is 4.29. The van der Waals surface area contributed by atoms with Crippen LogP contribution in [0.1, 0.15) is 16.7 Å². The zero-order chi connectivity index (χ0) is 12.1. The molecule has 0 aliphatic heterocycles. The first-order valence-electron chi connectivity index (χ1n) is 4.61. The quantitative estimate of drug-likeness (QED) is 0.808. The van der Waals surface area contributed by atoms with Crippen LogP contribution < -0.4 is 5.73 Å². The molecule has 0 amide bonds. The Morgan fingerprint density at radius 2 is 2.19 bits per heavy atom. The first-order chi connectivity index (χ1) is 7.63. The summed E-state index contributed by atoms with van der Waals surface area (Å²) in [5.41, 5.74) is 6.99. The largest absolute Gasteiger partial charge is 0.469 e. The van der Waals surface area contributed by atoms with Crippen LogP contribution >= 0.6 is 11.6 Å². The minimum atomic E-state index is -0.409. The molecule has 0 radical (unpaired) electrons. The maximum absolute atomic E-state index is 11.1. The highest BCUT2D eigenvalue weighted by atomic mass is 35.5. The molecule has 0 fully saturated rings. The van der Waals surface area contributed by atoms with Crippen LogP contribution in [0.3, 0.4) is 0 Å². The topological polar surface area (TPSA) is 76.1 Å². The maximum Gasteiger partial charge on any atom is 0.310 e. The molecule has 5 heteroatoms. The van der Waals surface area contributed by atoms with E-state index in [1.165, 1.54) is 7.11 Å². The number of halogens is 1. The lowest BCUT2D eigenvalue weighted by Gasteiger charge is -2.08. The SMILES string of the molecule is COC(=O)Cc1ccc(CN)c(Cl)c1C#N. The Morgan fingerprint density at radius 3 is 2.69 bits per heavy atom. The highest BCUT2D eigenvalue weighted by Gasteiger charge is 2.13. The number of carbonyl (C=O) groups is 1. The number of esters is 1. The molecular weight excluding hydrogens is 228 g/mol. The second-order valence-corrected chi connectivity index (χ2v) is 3.52. The molecule has 2 N–H and O–H groups in total. The average Bonchev–Trinajstić information content (AvgIpc) is 2.29. The third-order valence-electron chi connectivity index (χ3n) is 2.20. The van der Waals surface area contributed by atoms with E-state index in [1.54, 1.807) is 12.1 Å². The molecule has 84 valence electrons. The van der Waals surface area contributed by atoms with Gasteiger partial charge < -0.3 is 10.5 Å². The number of nitrogens with two attached hydrogens (primary N) is 1. The van der Waals surface area contributed by atoms with E-state index in [0.717, 1.165) is 0 Å². The molecule has 0 saturated carbocycles. The molecule has 0 aliphatic rings. The van der Waals surface area contributed by atoms with Crippen LogP contribution in [0.2, 0.25) is 5.02 Å². The van der Waals surface area contributed by atoms with E-state index >= 15 is 0 Å². The van der Waals surface area contributed by atoms with Gasteiger partial charge in [-0.1, -0.05) is 23.7 Å². The van der Waals surface area contributed by atoms with Gasteiger partial charge in [0.2, 0.25) is 0 Å². The number of hydrogen-bond acceptors (Lipinski definition) is 4. The van der Waals surface area contributed by atoms with Gasteiger partial charge in [0.25, 0.3) is 0 Å². The van der Waals surface area contributed by atoms with Crippen molar-refractivity contribution < 1.29 is 9.53 Å². The van der Waals surface area contributed by atoms with Gasteiger partial charge in [0.05, 0.1) is 24.1 Å². The third kappa shape index (κ3) is 2.51. The first kappa shape index (κ1) is 12.5. The van der Waals surface area contributed by atoms with E-state index in [0.29, 0.717) is 16.1 Å². The predicted molar refractivity (Wildman–Crippen MR) is 59.8 cm³/mol. The van der Waals surface area contributed by atoms with Crippen molar-refractivity contribution >= 4 is 17.6 Å². The van der Waals surface area contributed by atoms with Crippen LogP contribution in [-0.4, -0.2) is 13.1 Å². The van der Waals surface area contributed by atoms with Crippen molar-refractivity contribution in [2.24, 2.45) is 5.73 Å². The number of hydrogen-bond donors (Lipinski definition) is 1. The molecule has 0 bridgehead atoms. The fraction of sp³-hybridized carbons (Fsp3) is 0.273. The Labute approximate surface area is 98.6 Å². The van der Waals surface area contributed by atoms with E-state index in [-0.39, 0.29) is 18.5 Å². The molecule has 0 aliphatic carbocycles. The minimum Gasteiger partial charge on any atom is -0.469 e. The van der Waals surface area contributed by atoms with Crippen molar-refractivity contribution in [1.82, 2.24) is 0 Å². The van der Waals surface area contributed by atoms with Crippen molar-refractivity contribution in [3.8, 4) is 6.07 Å². The molecular formula is C11H11ClN2O2. The van der Waals surface area contributed by atoms with Crippen LogP contribution in [0.5, 0.6) is 0 Å². The van der Waals surface area contributed by atoms with Gasteiger partial charge in [0, 0.05) is 6.54 Å². The zero-order valence-corrected chi connectivity index (χ0v) is 9.54. The van der Waals surface area contributed by atoms with Crippen LogP contribution in [0.15, 0.2) is 12.1 Å². The van der Waals surface area contributed by atoms with E-state index in [2.05, 4.69) is 4.74 Å². The molecule has 0 atom stereocenters. The first-order valence-corrected chi connectivity index (χ1v) is 4.99. The van der Waals surface area contributed by atoms with E-state index in [1.807, 2.05) is 6.07 Å². The summed E-state index contributed by atoms with van der Waals surface area (Å²) in [5, 5.41) is 9.29. The number of benzene rings is 1. The van der Waals surface area contributed by atoms with Crippen LogP contribution in [0, 0.1) is 11.3 Å². The number of nitrogens with zero attached hydrogens (tertiary/aromatic N) is 1. The van der Waals surface area contributed by atoms with Gasteiger partial charge in [-0.3, -0.25) is 4.79 Å². The van der Waals surface area contributed by atoms with Crippen LogP contribution in [0.25, 0.3) is 0 Å². The van der Waals surface area contributed by atoms with Gasteiger partial charge in [0.15, 0.2) is 0 Å². The second kappa shape index (κ2) is 5.50. The van der Waals surface area contributed by atoms with E-state index in [4.69, 9.17) is 22.6 Å². The molecule has 0 aromatic heterocycles. The highest BCUT2D eigenvalue weighted by molar-refractivity contribution is 6.32. The van der Waals surface area contributed by atoms with Gasteiger partial charge in [-0.15, -0.1) is 0 Å². The van der Waals surface area contributed by atoms with Gasteiger partial charge in [-0.25, -0.2) is 0 Å².